The van der Waals surface area contributed by atoms with Gasteiger partial charge in [-0.2, -0.15) is 0 Å². The van der Waals surface area contributed by atoms with E-state index in [1.165, 1.54) is 6.92 Å². The Morgan fingerprint density at radius 2 is 1.80 bits per heavy atom. The summed E-state index contributed by atoms with van der Waals surface area (Å²) < 4.78 is 4.17. The number of esters is 1. The van der Waals surface area contributed by atoms with Gasteiger partial charge in [0.05, 0.1) is 12.7 Å². The Bertz CT molecular complexity index is 278. The summed E-state index contributed by atoms with van der Waals surface area (Å²) in [7, 11) is 0. The molecule has 0 heterocycles. The Labute approximate surface area is 86.5 Å². The van der Waals surface area contributed by atoms with Gasteiger partial charge in [0.25, 0.3) is 0 Å². The number of rotatable bonds is 4. The molecule has 0 rings (SSSR count). The molecule has 0 fully saturated rings. The first-order chi connectivity index (χ1) is 6.81. The van der Waals surface area contributed by atoms with Crippen molar-refractivity contribution in [2.75, 3.05) is 0 Å². The molecule has 0 saturated carbocycles. The van der Waals surface area contributed by atoms with Crippen molar-refractivity contribution in [3.63, 3.8) is 0 Å². The van der Waals surface area contributed by atoms with Crippen LogP contribution >= 0.6 is 0 Å². The second-order valence-corrected chi connectivity index (χ2v) is 2.26. The zero-order valence-corrected chi connectivity index (χ0v) is 8.23. The molecule has 0 aromatic carbocycles. The minimum absolute atomic E-state index is 0.303. The van der Waals surface area contributed by atoms with Gasteiger partial charge in [0.2, 0.25) is 0 Å². The molecule has 15 heavy (non-hydrogen) atoms. The smallest absolute Gasteiger partial charge is 0.331 e. The highest BCUT2D eigenvalue weighted by atomic mass is 16.5. The van der Waals surface area contributed by atoms with Crippen LogP contribution < -0.4 is 0 Å². The van der Waals surface area contributed by atoms with Gasteiger partial charge in [-0.25, -0.2) is 4.79 Å². The molecule has 0 unspecified atom stereocenters. The summed E-state index contributed by atoms with van der Waals surface area (Å²) in [6.45, 7) is 7.49. The second-order valence-electron chi connectivity index (χ2n) is 2.26. The van der Waals surface area contributed by atoms with E-state index in [4.69, 9.17) is 10.2 Å². The fourth-order valence-corrected chi connectivity index (χ4v) is 0.376. The molecule has 0 aliphatic carbocycles. The molecule has 0 aromatic rings. The largest absolute Gasteiger partial charge is 0.481 e. The Hall–Kier alpha value is -2.11. The molecular formula is C9H12O6. The highest BCUT2D eigenvalue weighted by Crippen LogP contribution is 1.95. The van der Waals surface area contributed by atoms with Crippen molar-refractivity contribution in [1.29, 1.82) is 0 Å². The van der Waals surface area contributed by atoms with E-state index in [1.54, 1.807) is 0 Å². The van der Waals surface area contributed by atoms with Crippen molar-refractivity contribution in [1.82, 2.24) is 0 Å². The van der Waals surface area contributed by atoms with Crippen molar-refractivity contribution in [3.05, 3.63) is 25.0 Å². The van der Waals surface area contributed by atoms with E-state index in [-0.39, 0.29) is 11.5 Å². The first-order valence-corrected chi connectivity index (χ1v) is 3.72. The third-order valence-corrected chi connectivity index (χ3v) is 0.916. The third kappa shape index (κ3) is 14.7. The summed E-state index contributed by atoms with van der Waals surface area (Å²) in [5, 5.41) is 16.1. The van der Waals surface area contributed by atoms with Crippen LogP contribution in [-0.4, -0.2) is 28.1 Å². The topological polar surface area (TPSA) is 101 Å². The van der Waals surface area contributed by atoms with Gasteiger partial charge in [0, 0.05) is 12.5 Å². The van der Waals surface area contributed by atoms with E-state index in [0.29, 0.717) is 0 Å². The van der Waals surface area contributed by atoms with Crippen molar-refractivity contribution in [2.45, 2.75) is 13.3 Å². The lowest BCUT2D eigenvalue weighted by Crippen LogP contribution is -2.04. The van der Waals surface area contributed by atoms with Crippen LogP contribution in [0.25, 0.3) is 0 Å². The van der Waals surface area contributed by atoms with Crippen LogP contribution in [0.3, 0.4) is 0 Å². The van der Waals surface area contributed by atoms with Gasteiger partial charge < -0.3 is 14.9 Å². The Balaban J connectivity index is 0. The Morgan fingerprint density at radius 1 is 1.33 bits per heavy atom. The Morgan fingerprint density at radius 3 is 1.87 bits per heavy atom. The van der Waals surface area contributed by atoms with E-state index in [9.17, 15) is 14.4 Å². The SMILES string of the molecule is C=C(CC(=O)O)C(=O)O.C=COC(C)=O. The van der Waals surface area contributed by atoms with Gasteiger partial charge in [-0.05, 0) is 0 Å². The van der Waals surface area contributed by atoms with Gasteiger partial charge in [0.1, 0.15) is 0 Å². The summed E-state index contributed by atoms with van der Waals surface area (Å²) in [5.41, 5.74) is -0.303. The molecule has 0 amide bonds. The monoisotopic (exact) mass is 216 g/mol. The molecule has 0 spiro atoms. The molecule has 0 aliphatic heterocycles. The number of carboxylic acid groups (broad SMARTS) is 2. The van der Waals surface area contributed by atoms with Crippen LogP contribution in [-0.2, 0) is 19.1 Å². The molecular weight excluding hydrogens is 204 g/mol. The van der Waals surface area contributed by atoms with Gasteiger partial charge >= 0.3 is 17.9 Å². The molecule has 0 aliphatic rings. The zero-order valence-electron chi connectivity index (χ0n) is 8.23. The predicted octanol–water partition coefficient (Wildman–Crippen LogP) is 0.795. The molecule has 84 valence electrons. The van der Waals surface area contributed by atoms with Crippen LogP contribution in [0.1, 0.15) is 13.3 Å². The van der Waals surface area contributed by atoms with Gasteiger partial charge in [-0.1, -0.05) is 13.2 Å². The van der Waals surface area contributed by atoms with Crippen molar-refractivity contribution in [3.8, 4) is 0 Å². The van der Waals surface area contributed by atoms with Crippen LogP contribution in [0.2, 0.25) is 0 Å². The summed E-state index contributed by atoms with van der Waals surface area (Å²) in [4.78, 5) is 29.4. The highest BCUT2D eigenvalue weighted by Gasteiger charge is 2.07. The minimum Gasteiger partial charge on any atom is -0.481 e. The maximum atomic E-state index is 9.87. The molecule has 2 N–H and O–H groups in total. The lowest BCUT2D eigenvalue weighted by molar-refractivity contribution is -0.139. The fraction of sp³-hybridized carbons (Fsp3) is 0.222. The maximum absolute atomic E-state index is 9.87. The first-order valence-electron chi connectivity index (χ1n) is 3.72. The van der Waals surface area contributed by atoms with Gasteiger partial charge in [-0.3, -0.25) is 9.59 Å². The number of aliphatic carboxylic acids is 2. The van der Waals surface area contributed by atoms with E-state index >= 15 is 0 Å². The summed E-state index contributed by atoms with van der Waals surface area (Å²) in [6, 6.07) is 0. The molecule has 0 saturated heterocycles. The van der Waals surface area contributed by atoms with Gasteiger partial charge in [0.15, 0.2) is 0 Å². The quantitative estimate of drug-likeness (QED) is 0.409. The molecule has 6 nitrogen and oxygen atoms in total. The number of carbonyl (C=O) groups excluding carboxylic acids is 1. The van der Waals surface area contributed by atoms with Crippen LogP contribution in [0.4, 0.5) is 0 Å². The van der Waals surface area contributed by atoms with Crippen molar-refractivity contribution in [2.24, 2.45) is 0 Å². The number of ether oxygens (including phenoxy) is 1. The minimum atomic E-state index is -1.27. The van der Waals surface area contributed by atoms with Crippen LogP contribution in [0.5, 0.6) is 0 Å². The lowest BCUT2D eigenvalue weighted by atomic mass is 10.2. The highest BCUT2D eigenvalue weighted by molar-refractivity contribution is 5.91. The number of hydrogen-bond acceptors (Lipinski definition) is 4. The number of carbonyl (C=O) groups is 3. The molecule has 6 heteroatoms. The van der Waals surface area contributed by atoms with Crippen molar-refractivity contribution >= 4 is 17.9 Å². The van der Waals surface area contributed by atoms with E-state index in [0.717, 1.165) is 6.26 Å². The number of hydrogen-bond donors (Lipinski definition) is 2. The normalized spacial score (nSPS) is 7.80. The number of carboxylic acids is 2. The summed E-state index contributed by atoms with van der Waals surface area (Å²) in [5.74, 6) is -2.77. The predicted molar refractivity (Wildman–Crippen MR) is 51.0 cm³/mol. The van der Waals surface area contributed by atoms with E-state index in [2.05, 4.69) is 17.9 Å². The van der Waals surface area contributed by atoms with Crippen LogP contribution in [0, 0.1) is 0 Å². The average Bonchev–Trinajstić information content (AvgIpc) is 2.03. The first kappa shape index (κ1) is 15.4. The molecule has 0 atom stereocenters. The standard InChI is InChI=1S/C5H6O4.C4H6O2/c1-3(5(8)9)2-4(6)7;1-3-6-4(2)5/h1-2H2,(H,6,7)(H,8,9);3H,1H2,2H3. The maximum Gasteiger partial charge on any atom is 0.331 e. The molecule has 0 bridgehead atoms. The average molecular weight is 216 g/mol. The van der Waals surface area contributed by atoms with Gasteiger partial charge in [-0.15, -0.1) is 0 Å². The van der Waals surface area contributed by atoms with E-state index < -0.39 is 18.4 Å². The Kier molecular flexibility index (Phi) is 8.69. The third-order valence-electron chi connectivity index (χ3n) is 0.916. The second kappa shape index (κ2) is 8.49. The van der Waals surface area contributed by atoms with Crippen molar-refractivity contribution < 1.29 is 29.3 Å². The summed E-state index contributed by atoms with van der Waals surface area (Å²) in [6.07, 6.45) is 0.595. The zero-order chi connectivity index (χ0) is 12.4. The molecule has 0 radical (unpaired) electrons. The fourth-order valence-electron chi connectivity index (χ4n) is 0.376. The lowest BCUT2D eigenvalue weighted by Gasteiger charge is -1.91. The molecule has 0 aromatic heterocycles. The van der Waals surface area contributed by atoms with E-state index in [1.807, 2.05) is 0 Å². The van der Waals surface area contributed by atoms with Crippen LogP contribution in [0.15, 0.2) is 25.0 Å². The summed E-state index contributed by atoms with van der Waals surface area (Å²) >= 11 is 0.